The van der Waals surface area contributed by atoms with Gasteiger partial charge in [-0.2, -0.15) is 0 Å². The van der Waals surface area contributed by atoms with Crippen LogP contribution in [0.2, 0.25) is 0 Å². The average molecular weight is 435 g/mol. The molecule has 0 heterocycles. The summed E-state index contributed by atoms with van der Waals surface area (Å²) >= 11 is 0. The Bertz CT molecular complexity index is 884. The Morgan fingerprint density at radius 3 is 1.68 bits per heavy atom. The van der Waals surface area contributed by atoms with Gasteiger partial charge in [0.05, 0.1) is 0 Å². The predicted molar refractivity (Wildman–Crippen MR) is 134 cm³/mol. The number of amides is 1. The molecule has 3 aromatic rings. The molecule has 0 aliphatic carbocycles. The summed E-state index contributed by atoms with van der Waals surface area (Å²) in [5, 5.41) is 13.7. The molecule has 3 rings (SSSR count). The molecule has 0 spiro atoms. The van der Waals surface area contributed by atoms with Gasteiger partial charge in [-0.25, -0.2) is 0 Å². The fraction of sp³-hybridized carbons (Fsp3) is 0.200. The van der Waals surface area contributed by atoms with Gasteiger partial charge in [-0.15, -0.1) is 0 Å². The van der Waals surface area contributed by atoms with Gasteiger partial charge < -0.3 is 0 Å². The number of likely N-dealkylation sites (N-methyl/N-ethyl adjacent to an activating group) is 1. The molecule has 31 heavy (non-hydrogen) atoms. The molecular formula is C25H31N4OP. The first-order valence-electron chi connectivity index (χ1n) is 10.5. The predicted octanol–water partition coefficient (Wildman–Crippen LogP) is 2.04. The summed E-state index contributed by atoms with van der Waals surface area (Å²) in [6, 6.07) is 32.5. The standard InChI is InChI=1S/C25H31N4OP/c1-29(20-24(30)28-25(26)27)18-11-19-31(21-12-5-2-6-13-21,22-14-7-3-8-15-22)23-16-9-4-10-17-23/h2-10,12-17,31H,11,18-20H2,1H3,(H4,26,27,28,30). The van der Waals surface area contributed by atoms with Gasteiger partial charge in [-0.05, 0) is 0 Å². The van der Waals surface area contributed by atoms with Crippen molar-refractivity contribution >= 4 is 35.0 Å². The Hall–Kier alpha value is -3.01. The molecule has 162 valence electrons. The normalized spacial score (nSPS) is 11.8. The zero-order chi connectivity index (χ0) is 22.1. The van der Waals surface area contributed by atoms with Gasteiger partial charge in [0.15, 0.2) is 0 Å². The quantitative estimate of drug-likeness (QED) is 0.274. The van der Waals surface area contributed by atoms with Crippen molar-refractivity contribution in [1.82, 2.24) is 10.2 Å². The number of guanidine groups is 1. The number of nitrogens with one attached hydrogen (secondary N) is 2. The van der Waals surface area contributed by atoms with Crippen molar-refractivity contribution < 1.29 is 4.79 Å². The number of carbonyl (C=O) groups is 1. The molecule has 0 saturated heterocycles. The molecular weight excluding hydrogens is 403 g/mol. The van der Waals surface area contributed by atoms with E-state index >= 15 is 0 Å². The van der Waals surface area contributed by atoms with E-state index in [1.807, 2.05) is 11.9 Å². The molecule has 0 aliphatic heterocycles. The van der Waals surface area contributed by atoms with Crippen LogP contribution in [0.4, 0.5) is 0 Å². The molecule has 0 aliphatic rings. The molecule has 0 fully saturated rings. The first-order valence-corrected chi connectivity index (χ1v) is 12.7. The Morgan fingerprint density at radius 2 is 1.29 bits per heavy atom. The van der Waals surface area contributed by atoms with E-state index in [1.165, 1.54) is 15.9 Å². The van der Waals surface area contributed by atoms with Crippen LogP contribution < -0.4 is 27.0 Å². The summed E-state index contributed by atoms with van der Waals surface area (Å²) < 4.78 is 0. The van der Waals surface area contributed by atoms with Crippen LogP contribution in [0.15, 0.2) is 91.0 Å². The number of nitrogens with two attached hydrogens (primary N) is 1. The van der Waals surface area contributed by atoms with E-state index in [-0.39, 0.29) is 18.4 Å². The fourth-order valence-corrected chi connectivity index (χ4v) is 9.07. The van der Waals surface area contributed by atoms with Crippen LogP contribution in [0.5, 0.6) is 0 Å². The van der Waals surface area contributed by atoms with Gasteiger partial charge in [0.1, 0.15) is 0 Å². The molecule has 0 bridgehead atoms. The zero-order valence-electron chi connectivity index (χ0n) is 17.9. The molecule has 3 aromatic carbocycles. The number of rotatable bonds is 9. The third-order valence-corrected chi connectivity index (χ3v) is 10.6. The van der Waals surface area contributed by atoms with Crippen molar-refractivity contribution in [2.45, 2.75) is 6.42 Å². The van der Waals surface area contributed by atoms with Crippen LogP contribution in [-0.4, -0.2) is 43.1 Å². The zero-order valence-corrected chi connectivity index (χ0v) is 18.9. The first-order chi connectivity index (χ1) is 15.0. The second-order valence-corrected chi connectivity index (χ2v) is 11.8. The Balaban J connectivity index is 1.90. The average Bonchev–Trinajstić information content (AvgIpc) is 2.78. The second-order valence-electron chi connectivity index (χ2n) is 7.81. The van der Waals surface area contributed by atoms with Crippen LogP contribution in [0, 0.1) is 5.41 Å². The van der Waals surface area contributed by atoms with Crippen LogP contribution in [-0.2, 0) is 4.79 Å². The van der Waals surface area contributed by atoms with Gasteiger partial charge in [0.2, 0.25) is 0 Å². The summed E-state index contributed by atoms with van der Waals surface area (Å²) in [5.41, 5.74) is 5.26. The molecule has 0 radical (unpaired) electrons. The number of carbonyl (C=O) groups excluding carboxylic acids is 1. The number of benzene rings is 3. The van der Waals surface area contributed by atoms with Crippen LogP contribution in [0.1, 0.15) is 6.42 Å². The van der Waals surface area contributed by atoms with Crippen LogP contribution in [0.3, 0.4) is 0 Å². The van der Waals surface area contributed by atoms with Crippen molar-refractivity contribution in [2.75, 3.05) is 26.3 Å². The molecule has 0 saturated carbocycles. The SMILES string of the molecule is CN(CCC[PH](c1ccccc1)(c1ccccc1)c1ccccc1)CC(=O)NC(=N)N. The van der Waals surface area contributed by atoms with E-state index in [0.717, 1.165) is 19.1 Å². The van der Waals surface area contributed by atoms with Crippen molar-refractivity contribution in [2.24, 2.45) is 5.73 Å². The van der Waals surface area contributed by atoms with Crippen molar-refractivity contribution in [3.8, 4) is 0 Å². The number of hydrogen-bond donors (Lipinski definition) is 3. The van der Waals surface area contributed by atoms with Gasteiger partial charge in [-0.1, -0.05) is 0 Å². The Kier molecular flexibility index (Phi) is 7.94. The van der Waals surface area contributed by atoms with E-state index in [4.69, 9.17) is 11.1 Å². The van der Waals surface area contributed by atoms with E-state index < -0.39 is 7.26 Å². The summed E-state index contributed by atoms with van der Waals surface area (Å²) in [6.45, 7) is 1.00. The molecule has 1 amide bonds. The number of hydrogen-bond acceptors (Lipinski definition) is 3. The van der Waals surface area contributed by atoms with Crippen molar-refractivity contribution in [3.05, 3.63) is 91.0 Å². The van der Waals surface area contributed by atoms with Gasteiger partial charge >= 0.3 is 185 Å². The molecule has 0 atom stereocenters. The molecule has 0 aromatic heterocycles. The summed E-state index contributed by atoms with van der Waals surface area (Å²) in [6.07, 6.45) is 1.98. The molecule has 4 N–H and O–H groups in total. The van der Waals surface area contributed by atoms with Crippen molar-refractivity contribution in [1.29, 1.82) is 5.41 Å². The van der Waals surface area contributed by atoms with E-state index in [0.29, 0.717) is 0 Å². The fourth-order valence-electron chi connectivity index (χ4n) is 4.23. The summed E-state index contributed by atoms with van der Waals surface area (Å²) in [4.78, 5) is 13.9. The van der Waals surface area contributed by atoms with Gasteiger partial charge in [0.25, 0.3) is 0 Å². The van der Waals surface area contributed by atoms with Gasteiger partial charge in [-0.3, -0.25) is 0 Å². The maximum atomic E-state index is 11.9. The van der Waals surface area contributed by atoms with E-state index in [1.54, 1.807) is 0 Å². The summed E-state index contributed by atoms with van der Waals surface area (Å²) in [7, 11) is -0.311. The van der Waals surface area contributed by atoms with Crippen LogP contribution >= 0.6 is 7.26 Å². The second kappa shape index (κ2) is 10.9. The first kappa shape index (κ1) is 22.7. The Labute approximate surface area is 185 Å². The van der Waals surface area contributed by atoms with Gasteiger partial charge in [0, 0.05) is 0 Å². The minimum atomic E-state index is -2.24. The maximum absolute atomic E-state index is 11.9. The third-order valence-electron chi connectivity index (χ3n) is 5.58. The van der Waals surface area contributed by atoms with E-state index in [2.05, 4.69) is 96.3 Å². The molecule has 5 nitrogen and oxygen atoms in total. The topological polar surface area (TPSA) is 82.2 Å². The Morgan fingerprint density at radius 1 is 0.871 bits per heavy atom. The minimum absolute atomic E-state index is 0.218. The van der Waals surface area contributed by atoms with Crippen LogP contribution in [0.25, 0.3) is 0 Å². The third kappa shape index (κ3) is 5.78. The summed E-state index contributed by atoms with van der Waals surface area (Å²) in [5.74, 6) is -0.574. The van der Waals surface area contributed by atoms with E-state index in [9.17, 15) is 4.79 Å². The molecule has 0 unspecified atom stereocenters. The number of nitrogens with zero attached hydrogens (tertiary/aromatic N) is 1. The molecule has 6 heteroatoms. The van der Waals surface area contributed by atoms with Crippen molar-refractivity contribution in [3.63, 3.8) is 0 Å². The monoisotopic (exact) mass is 434 g/mol.